The molecule has 1 rings (SSSR count). The minimum atomic E-state index is -0.325. The minimum absolute atomic E-state index is 0.153. The fourth-order valence-electron chi connectivity index (χ4n) is 1.17. The molecule has 4 N–H and O–H groups in total. The zero-order valence-electron chi connectivity index (χ0n) is 7.74. The van der Waals surface area contributed by atoms with Gasteiger partial charge in [-0.3, -0.25) is 4.79 Å². The molecule has 0 saturated heterocycles. The van der Waals surface area contributed by atoms with Crippen molar-refractivity contribution in [3.63, 3.8) is 0 Å². The third-order valence-electron chi connectivity index (χ3n) is 2.00. The SMILES string of the molecule is NC(=O)CCC(N)c1ccc(Cl)cc1. The van der Waals surface area contributed by atoms with E-state index in [1.807, 2.05) is 12.1 Å². The summed E-state index contributed by atoms with van der Waals surface area (Å²) in [5.41, 5.74) is 11.8. The van der Waals surface area contributed by atoms with E-state index in [1.165, 1.54) is 0 Å². The Kier molecular flexibility index (Phi) is 3.92. The maximum Gasteiger partial charge on any atom is 0.217 e. The highest BCUT2D eigenvalue weighted by atomic mass is 35.5. The first-order valence-electron chi connectivity index (χ1n) is 4.39. The fraction of sp³-hybridized carbons (Fsp3) is 0.300. The van der Waals surface area contributed by atoms with Gasteiger partial charge < -0.3 is 11.5 Å². The van der Waals surface area contributed by atoms with Crippen molar-refractivity contribution in [3.05, 3.63) is 34.9 Å². The molecule has 0 aliphatic carbocycles. The molecule has 0 aliphatic heterocycles. The molecule has 0 bridgehead atoms. The third-order valence-corrected chi connectivity index (χ3v) is 2.25. The van der Waals surface area contributed by atoms with Crippen LogP contribution in [-0.2, 0) is 4.79 Å². The van der Waals surface area contributed by atoms with E-state index in [0.717, 1.165) is 5.56 Å². The molecule has 14 heavy (non-hydrogen) atoms. The van der Waals surface area contributed by atoms with Gasteiger partial charge in [-0.2, -0.15) is 0 Å². The van der Waals surface area contributed by atoms with Crippen molar-refractivity contribution in [1.82, 2.24) is 0 Å². The molecule has 0 spiro atoms. The van der Waals surface area contributed by atoms with Crippen LogP contribution in [0.3, 0.4) is 0 Å². The number of benzene rings is 1. The number of rotatable bonds is 4. The second kappa shape index (κ2) is 4.98. The van der Waals surface area contributed by atoms with Crippen LogP contribution in [0.2, 0.25) is 5.02 Å². The van der Waals surface area contributed by atoms with Gasteiger partial charge >= 0.3 is 0 Å². The van der Waals surface area contributed by atoms with Gasteiger partial charge in [-0.1, -0.05) is 23.7 Å². The van der Waals surface area contributed by atoms with Crippen molar-refractivity contribution in [2.45, 2.75) is 18.9 Å². The molecular weight excluding hydrogens is 200 g/mol. The van der Waals surface area contributed by atoms with Crippen LogP contribution < -0.4 is 11.5 Å². The Morgan fingerprint density at radius 1 is 1.36 bits per heavy atom. The first-order chi connectivity index (χ1) is 6.59. The Labute approximate surface area is 88.0 Å². The minimum Gasteiger partial charge on any atom is -0.370 e. The lowest BCUT2D eigenvalue weighted by Gasteiger charge is -2.10. The molecule has 0 aromatic heterocycles. The zero-order chi connectivity index (χ0) is 10.6. The van der Waals surface area contributed by atoms with E-state index < -0.39 is 0 Å². The molecule has 0 fully saturated rings. The van der Waals surface area contributed by atoms with Crippen LogP contribution in [0.5, 0.6) is 0 Å². The summed E-state index contributed by atoms with van der Waals surface area (Å²) in [6.45, 7) is 0. The molecule has 1 aromatic rings. The quantitative estimate of drug-likeness (QED) is 0.796. The van der Waals surface area contributed by atoms with E-state index in [0.29, 0.717) is 17.9 Å². The lowest BCUT2D eigenvalue weighted by Crippen LogP contribution is -2.16. The van der Waals surface area contributed by atoms with Crippen molar-refractivity contribution in [1.29, 1.82) is 0 Å². The predicted molar refractivity (Wildman–Crippen MR) is 56.8 cm³/mol. The maximum atomic E-state index is 10.5. The summed E-state index contributed by atoms with van der Waals surface area (Å²) in [7, 11) is 0. The molecule has 0 saturated carbocycles. The van der Waals surface area contributed by atoms with E-state index in [1.54, 1.807) is 12.1 Å². The molecule has 0 aliphatic rings. The highest BCUT2D eigenvalue weighted by Gasteiger charge is 2.06. The average molecular weight is 213 g/mol. The van der Waals surface area contributed by atoms with E-state index in [-0.39, 0.29) is 11.9 Å². The van der Waals surface area contributed by atoms with E-state index >= 15 is 0 Å². The average Bonchev–Trinajstić information content (AvgIpc) is 2.15. The van der Waals surface area contributed by atoms with Gasteiger partial charge in [-0.05, 0) is 24.1 Å². The van der Waals surface area contributed by atoms with Crippen LogP contribution in [0.15, 0.2) is 24.3 Å². The smallest absolute Gasteiger partial charge is 0.217 e. The van der Waals surface area contributed by atoms with Gasteiger partial charge in [0.1, 0.15) is 0 Å². The molecule has 0 radical (unpaired) electrons. The van der Waals surface area contributed by atoms with Gasteiger partial charge in [-0.15, -0.1) is 0 Å². The fourth-order valence-corrected chi connectivity index (χ4v) is 1.30. The van der Waals surface area contributed by atoms with Crippen molar-refractivity contribution in [2.24, 2.45) is 11.5 Å². The highest BCUT2D eigenvalue weighted by molar-refractivity contribution is 6.30. The van der Waals surface area contributed by atoms with E-state index in [4.69, 9.17) is 23.1 Å². The van der Waals surface area contributed by atoms with Crippen molar-refractivity contribution in [2.75, 3.05) is 0 Å². The Hall–Kier alpha value is -1.06. The molecule has 1 unspecified atom stereocenters. The molecule has 1 aromatic carbocycles. The van der Waals surface area contributed by atoms with Gasteiger partial charge in [0.2, 0.25) is 5.91 Å². The van der Waals surface area contributed by atoms with Crippen LogP contribution in [0.4, 0.5) is 0 Å². The summed E-state index contributed by atoms with van der Waals surface area (Å²) in [6, 6.07) is 7.11. The van der Waals surface area contributed by atoms with Crippen molar-refractivity contribution in [3.8, 4) is 0 Å². The summed E-state index contributed by atoms with van der Waals surface area (Å²) in [6.07, 6.45) is 0.876. The topological polar surface area (TPSA) is 69.1 Å². The summed E-state index contributed by atoms with van der Waals surface area (Å²) in [5, 5.41) is 0.677. The number of primary amides is 1. The molecule has 76 valence electrons. The highest BCUT2D eigenvalue weighted by Crippen LogP contribution is 2.17. The first-order valence-corrected chi connectivity index (χ1v) is 4.76. The first kappa shape index (κ1) is 11.0. The second-order valence-corrected chi connectivity index (χ2v) is 3.60. The van der Waals surface area contributed by atoms with E-state index in [9.17, 15) is 4.79 Å². The van der Waals surface area contributed by atoms with Gasteiger partial charge in [0.05, 0.1) is 0 Å². The number of carbonyl (C=O) groups is 1. The summed E-state index contributed by atoms with van der Waals surface area (Å²) in [5.74, 6) is -0.325. The standard InChI is InChI=1S/C10H13ClN2O/c11-8-3-1-7(2-4-8)9(12)5-6-10(13)14/h1-4,9H,5-6,12H2,(H2,13,14). The number of carbonyl (C=O) groups excluding carboxylic acids is 1. The number of nitrogens with two attached hydrogens (primary N) is 2. The predicted octanol–water partition coefficient (Wildman–Crippen LogP) is 1.61. The Balaban J connectivity index is 2.56. The van der Waals surface area contributed by atoms with Gasteiger partial charge in [0.25, 0.3) is 0 Å². The third kappa shape index (κ3) is 3.36. The van der Waals surface area contributed by atoms with Crippen LogP contribution in [0.25, 0.3) is 0 Å². The van der Waals surface area contributed by atoms with Gasteiger partial charge in [-0.25, -0.2) is 0 Å². The van der Waals surface area contributed by atoms with Crippen molar-refractivity contribution < 1.29 is 4.79 Å². The molecule has 1 amide bonds. The number of hydrogen-bond donors (Lipinski definition) is 2. The van der Waals surface area contributed by atoms with Crippen LogP contribution >= 0.6 is 11.6 Å². The van der Waals surface area contributed by atoms with E-state index in [2.05, 4.69) is 0 Å². The Morgan fingerprint density at radius 2 is 1.93 bits per heavy atom. The largest absolute Gasteiger partial charge is 0.370 e. The molecule has 0 heterocycles. The summed E-state index contributed by atoms with van der Waals surface area (Å²) in [4.78, 5) is 10.5. The normalized spacial score (nSPS) is 12.4. The lowest BCUT2D eigenvalue weighted by molar-refractivity contribution is -0.118. The Bertz CT molecular complexity index is 310. The van der Waals surface area contributed by atoms with Crippen LogP contribution in [0.1, 0.15) is 24.4 Å². The lowest BCUT2D eigenvalue weighted by atomic mass is 10.0. The zero-order valence-corrected chi connectivity index (χ0v) is 8.50. The second-order valence-electron chi connectivity index (χ2n) is 3.16. The molecule has 4 heteroatoms. The molecule has 3 nitrogen and oxygen atoms in total. The van der Waals surface area contributed by atoms with Crippen LogP contribution in [-0.4, -0.2) is 5.91 Å². The summed E-state index contributed by atoms with van der Waals surface area (Å²) >= 11 is 5.73. The number of hydrogen-bond acceptors (Lipinski definition) is 2. The Morgan fingerprint density at radius 3 is 2.43 bits per heavy atom. The molecule has 1 atom stereocenters. The van der Waals surface area contributed by atoms with Gasteiger partial charge in [0, 0.05) is 17.5 Å². The summed E-state index contributed by atoms with van der Waals surface area (Å²) < 4.78 is 0. The number of amides is 1. The molecular formula is C10H13ClN2O. The van der Waals surface area contributed by atoms with Crippen LogP contribution in [0, 0.1) is 0 Å². The van der Waals surface area contributed by atoms with Gasteiger partial charge in [0.15, 0.2) is 0 Å². The monoisotopic (exact) mass is 212 g/mol. The number of halogens is 1. The maximum absolute atomic E-state index is 10.5. The van der Waals surface area contributed by atoms with Crippen molar-refractivity contribution >= 4 is 17.5 Å².